The van der Waals surface area contributed by atoms with Crippen LogP contribution in [0.3, 0.4) is 0 Å². The van der Waals surface area contributed by atoms with Crippen molar-refractivity contribution in [3.05, 3.63) is 71.4 Å². The Bertz CT molecular complexity index is 1140. The van der Waals surface area contributed by atoms with Gasteiger partial charge in [-0.25, -0.2) is 4.39 Å². The van der Waals surface area contributed by atoms with Gasteiger partial charge < -0.3 is 14.6 Å². The summed E-state index contributed by atoms with van der Waals surface area (Å²) in [5.41, 5.74) is 3.11. The highest BCUT2D eigenvalue weighted by Crippen LogP contribution is 2.21. The van der Waals surface area contributed by atoms with E-state index in [0.29, 0.717) is 30.4 Å². The minimum atomic E-state index is -0.299. The van der Waals surface area contributed by atoms with Gasteiger partial charge in [0.05, 0.1) is 19.8 Å². The quantitative estimate of drug-likeness (QED) is 0.516. The first kappa shape index (κ1) is 24.5. The van der Waals surface area contributed by atoms with Crippen molar-refractivity contribution in [2.75, 3.05) is 39.4 Å². The molecule has 2 saturated heterocycles. The molecule has 0 spiro atoms. The topological polar surface area (TPSA) is 83.7 Å². The Labute approximate surface area is 210 Å². The Morgan fingerprint density at radius 2 is 1.69 bits per heavy atom. The standard InChI is InChI=1S/C27H32FN5O3/c28-24-6-4-22(5-7-24)26-30-25(36-31-26)19-32-10-8-23(9-11-32)27(34)29-17-20-2-1-3-21(16-20)18-33-12-14-35-15-13-33/h1-7,16,23H,8-15,17-19H2,(H,29,34). The molecule has 0 saturated carbocycles. The van der Waals surface area contributed by atoms with Gasteiger partial charge in [-0.3, -0.25) is 14.6 Å². The number of amides is 1. The van der Waals surface area contributed by atoms with E-state index in [0.717, 1.165) is 64.3 Å². The van der Waals surface area contributed by atoms with E-state index in [1.165, 1.54) is 17.7 Å². The monoisotopic (exact) mass is 493 g/mol. The molecular formula is C27H32FN5O3. The zero-order chi connectivity index (χ0) is 24.7. The predicted octanol–water partition coefficient (Wildman–Crippen LogP) is 3.24. The number of likely N-dealkylation sites (tertiary alicyclic amines) is 1. The first-order valence-electron chi connectivity index (χ1n) is 12.6. The van der Waals surface area contributed by atoms with Crippen molar-refractivity contribution in [1.29, 1.82) is 0 Å². The number of morpholine rings is 1. The molecule has 36 heavy (non-hydrogen) atoms. The highest BCUT2D eigenvalue weighted by Gasteiger charge is 2.26. The predicted molar refractivity (Wildman–Crippen MR) is 132 cm³/mol. The van der Waals surface area contributed by atoms with Crippen molar-refractivity contribution in [3.8, 4) is 11.4 Å². The smallest absolute Gasteiger partial charge is 0.241 e. The molecule has 3 heterocycles. The number of hydrogen-bond donors (Lipinski definition) is 1. The van der Waals surface area contributed by atoms with Crippen molar-refractivity contribution < 1.29 is 18.4 Å². The van der Waals surface area contributed by atoms with Crippen LogP contribution in [0.5, 0.6) is 0 Å². The Hall–Kier alpha value is -3.14. The number of rotatable bonds is 8. The molecule has 1 N–H and O–H groups in total. The summed E-state index contributed by atoms with van der Waals surface area (Å²) in [4.78, 5) is 21.9. The van der Waals surface area contributed by atoms with Gasteiger partial charge in [0.25, 0.3) is 0 Å². The lowest BCUT2D eigenvalue weighted by Crippen LogP contribution is -2.40. The van der Waals surface area contributed by atoms with Crippen molar-refractivity contribution in [1.82, 2.24) is 25.3 Å². The fraction of sp³-hybridized carbons (Fsp3) is 0.444. The molecule has 0 aliphatic carbocycles. The number of carbonyl (C=O) groups excluding carboxylic acids is 1. The van der Waals surface area contributed by atoms with Crippen LogP contribution in [0.15, 0.2) is 53.1 Å². The number of piperidine rings is 1. The number of nitrogens with one attached hydrogen (secondary N) is 1. The summed E-state index contributed by atoms with van der Waals surface area (Å²) in [6.45, 7) is 7.09. The molecule has 0 atom stereocenters. The van der Waals surface area contributed by atoms with Crippen LogP contribution >= 0.6 is 0 Å². The number of carbonyl (C=O) groups is 1. The number of halogens is 1. The van der Waals surface area contributed by atoms with Gasteiger partial charge >= 0.3 is 0 Å². The van der Waals surface area contributed by atoms with Crippen LogP contribution in [-0.4, -0.2) is 65.2 Å². The first-order valence-corrected chi connectivity index (χ1v) is 12.6. The van der Waals surface area contributed by atoms with Gasteiger partial charge in [0, 0.05) is 37.7 Å². The molecule has 9 heteroatoms. The Morgan fingerprint density at radius 1 is 0.972 bits per heavy atom. The van der Waals surface area contributed by atoms with Crippen LogP contribution in [0.4, 0.5) is 4.39 Å². The normalized spacial score (nSPS) is 17.8. The molecule has 2 aliphatic heterocycles. The van der Waals surface area contributed by atoms with Crippen molar-refractivity contribution in [2.45, 2.75) is 32.5 Å². The van der Waals surface area contributed by atoms with Crippen LogP contribution in [0.2, 0.25) is 0 Å². The zero-order valence-corrected chi connectivity index (χ0v) is 20.4. The average molecular weight is 494 g/mol. The largest absolute Gasteiger partial charge is 0.379 e. The van der Waals surface area contributed by atoms with Crippen LogP contribution in [0.25, 0.3) is 11.4 Å². The van der Waals surface area contributed by atoms with Crippen molar-refractivity contribution in [3.63, 3.8) is 0 Å². The van der Waals surface area contributed by atoms with Crippen molar-refractivity contribution >= 4 is 5.91 Å². The summed E-state index contributed by atoms with van der Waals surface area (Å²) in [7, 11) is 0. The molecule has 0 bridgehead atoms. The molecule has 5 rings (SSSR count). The molecule has 1 aromatic heterocycles. The molecule has 2 aliphatic rings. The van der Waals surface area contributed by atoms with Gasteiger partial charge in [0.15, 0.2) is 0 Å². The Morgan fingerprint density at radius 3 is 2.47 bits per heavy atom. The minimum Gasteiger partial charge on any atom is -0.379 e. The molecular weight excluding hydrogens is 461 g/mol. The third kappa shape index (κ3) is 6.54. The van der Waals surface area contributed by atoms with Crippen molar-refractivity contribution in [2.24, 2.45) is 5.92 Å². The molecule has 3 aromatic rings. The van der Waals surface area contributed by atoms with E-state index in [-0.39, 0.29) is 17.6 Å². The highest BCUT2D eigenvalue weighted by molar-refractivity contribution is 5.78. The third-order valence-electron chi connectivity index (χ3n) is 6.86. The number of hydrogen-bond acceptors (Lipinski definition) is 7. The molecule has 0 radical (unpaired) electrons. The molecule has 2 fully saturated rings. The lowest BCUT2D eigenvalue weighted by molar-refractivity contribution is -0.126. The van der Waals surface area contributed by atoms with Crippen LogP contribution in [-0.2, 0) is 29.2 Å². The Balaban J connectivity index is 1.06. The summed E-state index contributed by atoms with van der Waals surface area (Å²) in [6.07, 6.45) is 1.59. The Kier molecular flexibility index (Phi) is 8.00. The van der Waals surface area contributed by atoms with Gasteiger partial charge in [-0.05, 0) is 61.3 Å². The zero-order valence-electron chi connectivity index (χ0n) is 20.4. The number of benzene rings is 2. The number of ether oxygens (including phenoxy) is 1. The van der Waals surface area contributed by atoms with E-state index in [1.54, 1.807) is 12.1 Å². The molecule has 8 nitrogen and oxygen atoms in total. The molecule has 0 unspecified atom stereocenters. The van der Waals surface area contributed by atoms with Gasteiger partial charge in [-0.2, -0.15) is 4.98 Å². The lowest BCUT2D eigenvalue weighted by Gasteiger charge is -2.30. The summed E-state index contributed by atoms with van der Waals surface area (Å²) in [5.74, 6) is 0.800. The maximum atomic E-state index is 13.1. The van der Waals surface area contributed by atoms with E-state index in [9.17, 15) is 9.18 Å². The van der Waals surface area contributed by atoms with Crippen LogP contribution in [0, 0.1) is 11.7 Å². The maximum Gasteiger partial charge on any atom is 0.241 e. The molecule has 2 aromatic carbocycles. The van der Waals surface area contributed by atoms with Gasteiger partial charge in [0.2, 0.25) is 17.6 Å². The SMILES string of the molecule is O=C(NCc1cccc(CN2CCOCC2)c1)C1CCN(Cc2nc(-c3ccc(F)cc3)no2)CC1. The number of aromatic nitrogens is 2. The lowest BCUT2D eigenvalue weighted by atomic mass is 9.96. The second kappa shape index (κ2) is 11.7. The van der Waals surface area contributed by atoms with E-state index >= 15 is 0 Å². The van der Waals surface area contributed by atoms with E-state index < -0.39 is 0 Å². The third-order valence-corrected chi connectivity index (χ3v) is 6.86. The summed E-state index contributed by atoms with van der Waals surface area (Å²) < 4.78 is 23.9. The van der Waals surface area contributed by atoms with Gasteiger partial charge in [-0.1, -0.05) is 29.4 Å². The fourth-order valence-electron chi connectivity index (χ4n) is 4.77. The second-order valence-electron chi connectivity index (χ2n) is 9.50. The van der Waals surface area contributed by atoms with E-state index in [4.69, 9.17) is 9.26 Å². The average Bonchev–Trinajstić information content (AvgIpc) is 3.37. The maximum absolute atomic E-state index is 13.1. The highest BCUT2D eigenvalue weighted by atomic mass is 19.1. The van der Waals surface area contributed by atoms with Gasteiger partial charge in [-0.15, -0.1) is 0 Å². The number of nitrogens with zero attached hydrogens (tertiary/aromatic N) is 4. The molecule has 1 amide bonds. The fourth-order valence-corrected chi connectivity index (χ4v) is 4.77. The van der Waals surface area contributed by atoms with E-state index in [1.807, 2.05) is 0 Å². The summed E-state index contributed by atoms with van der Waals surface area (Å²) >= 11 is 0. The van der Waals surface area contributed by atoms with E-state index in [2.05, 4.69) is 49.5 Å². The second-order valence-corrected chi connectivity index (χ2v) is 9.50. The minimum absolute atomic E-state index is 0.00949. The van der Waals surface area contributed by atoms with Crippen LogP contribution in [0.1, 0.15) is 29.9 Å². The summed E-state index contributed by atoms with van der Waals surface area (Å²) in [6, 6.07) is 14.5. The molecule has 190 valence electrons. The first-order chi connectivity index (χ1) is 17.6. The van der Waals surface area contributed by atoms with Crippen LogP contribution < -0.4 is 5.32 Å². The summed E-state index contributed by atoms with van der Waals surface area (Å²) in [5, 5.41) is 7.14. The van der Waals surface area contributed by atoms with Gasteiger partial charge in [0.1, 0.15) is 5.82 Å².